The number of hydrogen-bond acceptors (Lipinski definition) is 3. The maximum absolute atomic E-state index is 8.91. The summed E-state index contributed by atoms with van der Waals surface area (Å²) in [7, 11) is 2.20. The summed E-state index contributed by atoms with van der Waals surface area (Å²) in [5, 5.41) is 12.6. The van der Waals surface area contributed by atoms with Crippen LogP contribution in [0, 0.1) is 17.2 Å². The molecule has 19 heavy (non-hydrogen) atoms. The van der Waals surface area contributed by atoms with Crippen molar-refractivity contribution in [2.45, 2.75) is 38.9 Å². The van der Waals surface area contributed by atoms with Gasteiger partial charge in [0, 0.05) is 25.2 Å². The van der Waals surface area contributed by atoms with Gasteiger partial charge in [0.1, 0.15) is 0 Å². The highest BCUT2D eigenvalue weighted by Crippen LogP contribution is 2.21. The summed E-state index contributed by atoms with van der Waals surface area (Å²) in [5.41, 5.74) is 1.93. The Morgan fingerprint density at radius 1 is 1.42 bits per heavy atom. The van der Waals surface area contributed by atoms with Crippen LogP contribution in [0.15, 0.2) is 24.3 Å². The molecule has 0 aliphatic carbocycles. The fourth-order valence-electron chi connectivity index (χ4n) is 2.83. The monoisotopic (exact) mass is 257 g/mol. The van der Waals surface area contributed by atoms with Crippen molar-refractivity contribution in [2.75, 3.05) is 13.6 Å². The zero-order valence-corrected chi connectivity index (χ0v) is 12.1. The summed E-state index contributed by atoms with van der Waals surface area (Å²) in [6.45, 7) is 6.60. The number of hydrogen-bond donors (Lipinski definition) is 1. The second-order valence-corrected chi connectivity index (χ2v) is 5.80. The van der Waals surface area contributed by atoms with Crippen LogP contribution in [0.25, 0.3) is 0 Å². The molecule has 3 nitrogen and oxygen atoms in total. The fourth-order valence-corrected chi connectivity index (χ4v) is 2.83. The molecular weight excluding hydrogens is 234 g/mol. The Morgan fingerprint density at radius 2 is 2.21 bits per heavy atom. The molecule has 3 heteroatoms. The lowest BCUT2D eigenvalue weighted by Crippen LogP contribution is -2.50. The maximum Gasteiger partial charge on any atom is 0.0991 e. The molecule has 1 heterocycles. The predicted octanol–water partition coefficient (Wildman–Crippen LogP) is 2.38. The Bertz CT molecular complexity index is 463. The largest absolute Gasteiger partial charge is 0.310 e. The molecule has 1 N–H and O–H groups in total. The first kappa shape index (κ1) is 14.0. The Labute approximate surface area is 116 Å². The Morgan fingerprint density at radius 3 is 2.95 bits per heavy atom. The van der Waals surface area contributed by atoms with Crippen molar-refractivity contribution in [3.63, 3.8) is 0 Å². The normalized spacial score (nSPS) is 28.0. The zero-order valence-electron chi connectivity index (χ0n) is 12.1. The standard InChI is InChI=1S/C16H23N3/c1-12-11-19(3)13(2)7-16(12)18-10-15-6-4-5-14(8-15)9-17/h4-6,8,12-13,16,18H,7,10-11H2,1-3H3. The van der Waals surface area contributed by atoms with E-state index in [2.05, 4.69) is 43.2 Å². The van der Waals surface area contributed by atoms with Gasteiger partial charge in [-0.1, -0.05) is 19.1 Å². The number of nitrogens with zero attached hydrogens (tertiary/aromatic N) is 2. The molecule has 1 saturated heterocycles. The van der Waals surface area contributed by atoms with E-state index >= 15 is 0 Å². The molecule has 1 aliphatic heterocycles. The van der Waals surface area contributed by atoms with Crippen molar-refractivity contribution in [3.8, 4) is 6.07 Å². The summed E-state index contributed by atoms with van der Waals surface area (Å²) >= 11 is 0. The third kappa shape index (κ3) is 3.56. The van der Waals surface area contributed by atoms with Crippen LogP contribution in [0.2, 0.25) is 0 Å². The molecule has 0 radical (unpaired) electrons. The van der Waals surface area contributed by atoms with E-state index in [1.807, 2.05) is 18.2 Å². The van der Waals surface area contributed by atoms with E-state index < -0.39 is 0 Å². The first-order valence-electron chi connectivity index (χ1n) is 7.03. The highest BCUT2D eigenvalue weighted by Gasteiger charge is 2.28. The molecule has 1 aliphatic rings. The van der Waals surface area contributed by atoms with Crippen LogP contribution in [0.3, 0.4) is 0 Å². The van der Waals surface area contributed by atoms with Crippen LogP contribution in [-0.2, 0) is 6.54 Å². The van der Waals surface area contributed by atoms with Crippen molar-refractivity contribution in [1.29, 1.82) is 5.26 Å². The van der Waals surface area contributed by atoms with Gasteiger partial charge in [-0.2, -0.15) is 5.26 Å². The number of nitriles is 1. The SMILES string of the molecule is CC1CN(C)C(C)CC1NCc1cccc(C#N)c1. The number of rotatable bonds is 3. The van der Waals surface area contributed by atoms with Crippen LogP contribution < -0.4 is 5.32 Å². The number of likely N-dealkylation sites (tertiary alicyclic amines) is 1. The summed E-state index contributed by atoms with van der Waals surface area (Å²) in [6, 6.07) is 11.3. The van der Waals surface area contributed by atoms with E-state index in [-0.39, 0.29) is 0 Å². The molecule has 1 fully saturated rings. The minimum atomic E-state index is 0.567. The van der Waals surface area contributed by atoms with E-state index in [0.29, 0.717) is 18.0 Å². The van der Waals surface area contributed by atoms with Gasteiger partial charge in [-0.25, -0.2) is 0 Å². The Balaban J connectivity index is 1.93. The van der Waals surface area contributed by atoms with Crippen molar-refractivity contribution in [2.24, 2.45) is 5.92 Å². The van der Waals surface area contributed by atoms with Gasteiger partial charge < -0.3 is 10.2 Å². The Kier molecular flexibility index (Phi) is 4.57. The summed E-state index contributed by atoms with van der Waals surface area (Å²) in [5.74, 6) is 0.667. The van der Waals surface area contributed by atoms with Crippen LogP contribution in [0.4, 0.5) is 0 Å². The van der Waals surface area contributed by atoms with Crippen LogP contribution in [0.1, 0.15) is 31.4 Å². The smallest absolute Gasteiger partial charge is 0.0991 e. The molecular formula is C16H23N3. The lowest BCUT2D eigenvalue weighted by atomic mass is 9.89. The van der Waals surface area contributed by atoms with Gasteiger partial charge in [0.25, 0.3) is 0 Å². The van der Waals surface area contributed by atoms with Gasteiger partial charge in [-0.3, -0.25) is 0 Å². The van der Waals surface area contributed by atoms with Crippen LogP contribution >= 0.6 is 0 Å². The first-order valence-corrected chi connectivity index (χ1v) is 7.03. The number of benzene rings is 1. The molecule has 0 amide bonds. The van der Waals surface area contributed by atoms with Gasteiger partial charge in [-0.05, 0) is 44.0 Å². The second kappa shape index (κ2) is 6.18. The van der Waals surface area contributed by atoms with Crippen molar-refractivity contribution >= 4 is 0 Å². The van der Waals surface area contributed by atoms with Crippen molar-refractivity contribution < 1.29 is 0 Å². The van der Waals surface area contributed by atoms with E-state index in [1.165, 1.54) is 12.0 Å². The predicted molar refractivity (Wildman–Crippen MR) is 77.7 cm³/mol. The molecule has 1 aromatic carbocycles. The van der Waals surface area contributed by atoms with E-state index in [4.69, 9.17) is 5.26 Å². The fraction of sp³-hybridized carbons (Fsp3) is 0.562. The maximum atomic E-state index is 8.91. The lowest BCUT2D eigenvalue weighted by Gasteiger charge is -2.40. The first-order chi connectivity index (χ1) is 9.10. The molecule has 0 spiro atoms. The average Bonchev–Trinajstić information content (AvgIpc) is 2.41. The highest BCUT2D eigenvalue weighted by molar-refractivity contribution is 5.32. The molecule has 0 aromatic heterocycles. The van der Waals surface area contributed by atoms with Crippen LogP contribution in [0.5, 0.6) is 0 Å². The third-order valence-electron chi connectivity index (χ3n) is 4.23. The minimum Gasteiger partial charge on any atom is -0.310 e. The van der Waals surface area contributed by atoms with Gasteiger partial charge in [0.2, 0.25) is 0 Å². The van der Waals surface area contributed by atoms with Gasteiger partial charge >= 0.3 is 0 Å². The zero-order chi connectivity index (χ0) is 13.8. The number of nitrogens with one attached hydrogen (secondary N) is 1. The average molecular weight is 257 g/mol. The topological polar surface area (TPSA) is 39.1 Å². The molecule has 3 atom stereocenters. The summed E-state index contributed by atoms with van der Waals surface area (Å²) < 4.78 is 0. The van der Waals surface area contributed by atoms with Gasteiger partial charge in [0.05, 0.1) is 11.6 Å². The molecule has 0 bridgehead atoms. The molecule has 102 valence electrons. The number of piperidine rings is 1. The van der Waals surface area contributed by atoms with E-state index in [9.17, 15) is 0 Å². The summed E-state index contributed by atoms with van der Waals surface area (Å²) in [4.78, 5) is 2.43. The quantitative estimate of drug-likeness (QED) is 0.903. The lowest BCUT2D eigenvalue weighted by molar-refractivity contribution is 0.121. The molecule has 3 unspecified atom stereocenters. The van der Waals surface area contributed by atoms with E-state index in [1.54, 1.807) is 0 Å². The molecule has 1 aromatic rings. The Hall–Kier alpha value is -1.37. The van der Waals surface area contributed by atoms with Gasteiger partial charge in [0.15, 0.2) is 0 Å². The van der Waals surface area contributed by atoms with Crippen molar-refractivity contribution in [3.05, 3.63) is 35.4 Å². The molecule has 0 saturated carbocycles. The third-order valence-corrected chi connectivity index (χ3v) is 4.23. The second-order valence-electron chi connectivity index (χ2n) is 5.80. The van der Waals surface area contributed by atoms with Gasteiger partial charge in [-0.15, -0.1) is 0 Å². The van der Waals surface area contributed by atoms with Crippen molar-refractivity contribution in [1.82, 2.24) is 10.2 Å². The summed E-state index contributed by atoms with van der Waals surface area (Å²) in [6.07, 6.45) is 1.19. The van der Waals surface area contributed by atoms with Crippen LogP contribution in [-0.4, -0.2) is 30.6 Å². The van der Waals surface area contributed by atoms with E-state index in [0.717, 1.165) is 18.7 Å². The highest BCUT2D eigenvalue weighted by atomic mass is 15.2. The molecule has 2 rings (SSSR count). The minimum absolute atomic E-state index is 0.567.